The second-order valence-electron chi connectivity index (χ2n) is 16.8. The SMILES string of the molecule is c1ccc(-c2c(-c3ccccc3)c3cc(-c4cccc(N(c5ccccc5)c5ccc6c(c5)C(c5ccccc5)(c5ccccc5)c5ccccc5-6)c4)ccc3c3ccccc23)cc1. The molecule has 300 valence electrons. The van der Waals surface area contributed by atoms with Gasteiger partial charge in [-0.25, -0.2) is 0 Å². The molecular formula is C63H43N. The van der Waals surface area contributed by atoms with E-state index in [1.807, 2.05) is 0 Å². The standard InChI is InChI=1S/C63H43N/c1-6-21-44(22-7-1)61-57-35-17-16-33-53(57)54-39-37-47(42-58(54)62(61)45-23-8-2-9-24-45)46-25-20-32-51(41-46)64(50-30-14-5-15-31-50)52-38-40-56-55-34-18-19-36-59(55)63(60(56)43-52,48-26-10-3-11-27-48)49-28-12-4-13-29-49/h1-43H. The van der Waals surface area contributed by atoms with E-state index in [1.165, 1.54) is 82.7 Å². The molecule has 0 aromatic heterocycles. The third kappa shape index (κ3) is 6.01. The molecule has 0 amide bonds. The summed E-state index contributed by atoms with van der Waals surface area (Å²) in [5.41, 5.74) is 17.7. The van der Waals surface area contributed by atoms with Crippen LogP contribution >= 0.6 is 0 Å². The maximum atomic E-state index is 2.45. The van der Waals surface area contributed by atoms with Crippen LogP contribution in [0.5, 0.6) is 0 Å². The van der Waals surface area contributed by atoms with Crippen molar-refractivity contribution in [3.8, 4) is 44.5 Å². The highest BCUT2D eigenvalue weighted by Crippen LogP contribution is 2.57. The van der Waals surface area contributed by atoms with E-state index in [0.29, 0.717) is 0 Å². The quantitative estimate of drug-likeness (QED) is 0.138. The molecule has 0 atom stereocenters. The number of para-hydroxylation sites is 1. The van der Waals surface area contributed by atoms with Gasteiger partial charge in [0.2, 0.25) is 0 Å². The molecule has 12 rings (SSSR count). The van der Waals surface area contributed by atoms with Crippen LogP contribution in [0.4, 0.5) is 17.1 Å². The van der Waals surface area contributed by atoms with Gasteiger partial charge in [0.25, 0.3) is 0 Å². The maximum Gasteiger partial charge on any atom is 0.0714 e. The van der Waals surface area contributed by atoms with Crippen molar-refractivity contribution in [1.29, 1.82) is 0 Å². The highest BCUT2D eigenvalue weighted by atomic mass is 15.1. The third-order valence-corrected chi connectivity index (χ3v) is 13.3. The number of rotatable bonds is 8. The molecule has 0 saturated heterocycles. The maximum absolute atomic E-state index is 2.45. The molecule has 1 nitrogen and oxygen atoms in total. The molecule has 64 heavy (non-hydrogen) atoms. The van der Waals surface area contributed by atoms with Gasteiger partial charge in [-0.15, -0.1) is 0 Å². The largest absolute Gasteiger partial charge is 0.310 e. The smallest absolute Gasteiger partial charge is 0.0714 e. The molecule has 0 aliphatic heterocycles. The Morgan fingerprint density at radius 2 is 0.719 bits per heavy atom. The van der Waals surface area contributed by atoms with Crippen molar-refractivity contribution in [2.24, 2.45) is 0 Å². The Morgan fingerprint density at radius 1 is 0.250 bits per heavy atom. The number of benzene rings is 11. The van der Waals surface area contributed by atoms with Crippen LogP contribution in [0.25, 0.3) is 66.1 Å². The number of nitrogens with zero attached hydrogens (tertiary/aromatic N) is 1. The van der Waals surface area contributed by atoms with Crippen molar-refractivity contribution in [1.82, 2.24) is 0 Å². The predicted molar refractivity (Wildman–Crippen MR) is 270 cm³/mol. The highest BCUT2D eigenvalue weighted by molar-refractivity contribution is 6.22. The van der Waals surface area contributed by atoms with Gasteiger partial charge >= 0.3 is 0 Å². The Hall–Kier alpha value is -8.26. The molecule has 0 fully saturated rings. The first-order chi connectivity index (χ1) is 31.8. The molecule has 0 heterocycles. The molecule has 0 unspecified atom stereocenters. The molecular weight excluding hydrogens is 771 g/mol. The van der Waals surface area contributed by atoms with Crippen LogP contribution in [-0.2, 0) is 5.41 Å². The van der Waals surface area contributed by atoms with Gasteiger partial charge in [-0.05, 0) is 131 Å². The van der Waals surface area contributed by atoms with Gasteiger partial charge in [-0.3, -0.25) is 0 Å². The van der Waals surface area contributed by atoms with Crippen LogP contribution in [0, 0.1) is 0 Å². The molecule has 1 aliphatic carbocycles. The van der Waals surface area contributed by atoms with Crippen LogP contribution < -0.4 is 4.90 Å². The fourth-order valence-electron chi connectivity index (χ4n) is 10.6. The summed E-state index contributed by atoms with van der Waals surface area (Å²) < 4.78 is 0. The first kappa shape index (κ1) is 37.5. The van der Waals surface area contributed by atoms with Gasteiger partial charge in [0.05, 0.1) is 5.41 Å². The zero-order valence-corrected chi connectivity index (χ0v) is 35.3. The number of fused-ring (bicyclic) bond motifs is 6. The number of hydrogen-bond acceptors (Lipinski definition) is 1. The molecule has 0 saturated carbocycles. The lowest BCUT2D eigenvalue weighted by Crippen LogP contribution is -2.28. The van der Waals surface area contributed by atoms with E-state index >= 15 is 0 Å². The van der Waals surface area contributed by atoms with Crippen molar-refractivity contribution in [2.75, 3.05) is 4.90 Å². The van der Waals surface area contributed by atoms with Gasteiger partial charge in [-0.1, -0.05) is 218 Å². The second-order valence-corrected chi connectivity index (χ2v) is 16.8. The zero-order chi connectivity index (χ0) is 42.5. The first-order valence-electron chi connectivity index (χ1n) is 22.2. The third-order valence-electron chi connectivity index (χ3n) is 13.3. The van der Waals surface area contributed by atoms with Crippen LogP contribution in [0.15, 0.2) is 261 Å². The zero-order valence-electron chi connectivity index (χ0n) is 35.3. The number of hydrogen-bond donors (Lipinski definition) is 0. The minimum absolute atomic E-state index is 0.501. The van der Waals surface area contributed by atoms with E-state index in [1.54, 1.807) is 0 Å². The average molecular weight is 814 g/mol. The van der Waals surface area contributed by atoms with E-state index < -0.39 is 5.41 Å². The van der Waals surface area contributed by atoms with E-state index in [4.69, 9.17) is 0 Å². The average Bonchev–Trinajstić information content (AvgIpc) is 3.67. The second kappa shape index (κ2) is 15.6. The lowest BCUT2D eigenvalue weighted by Gasteiger charge is -2.35. The van der Waals surface area contributed by atoms with E-state index in [2.05, 4.69) is 266 Å². The monoisotopic (exact) mass is 813 g/mol. The molecule has 0 N–H and O–H groups in total. The molecule has 0 spiro atoms. The Kier molecular flexibility index (Phi) is 9.13. The fraction of sp³-hybridized carbons (Fsp3) is 0.0159. The molecule has 1 aliphatic rings. The summed E-state index contributed by atoms with van der Waals surface area (Å²) in [5.74, 6) is 0. The summed E-state index contributed by atoms with van der Waals surface area (Å²) in [4.78, 5) is 2.42. The van der Waals surface area contributed by atoms with Gasteiger partial charge < -0.3 is 4.90 Å². The van der Waals surface area contributed by atoms with Crippen molar-refractivity contribution in [2.45, 2.75) is 5.41 Å². The van der Waals surface area contributed by atoms with Crippen LogP contribution in [0.3, 0.4) is 0 Å². The van der Waals surface area contributed by atoms with E-state index in [-0.39, 0.29) is 0 Å². The van der Waals surface area contributed by atoms with E-state index in [0.717, 1.165) is 22.6 Å². The summed E-state index contributed by atoms with van der Waals surface area (Å²) in [7, 11) is 0. The predicted octanol–water partition coefficient (Wildman–Crippen LogP) is 16.8. The van der Waals surface area contributed by atoms with Crippen molar-refractivity contribution < 1.29 is 0 Å². The Balaban J connectivity index is 1.06. The summed E-state index contributed by atoms with van der Waals surface area (Å²) in [6, 6.07) is 95.8. The highest BCUT2D eigenvalue weighted by Gasteiger charge is 2.46. The van der Waals surface area contributed by atoms with E-state index in [9.17, 15) is 0 Å². The Morgan fingerprint density at radius 3 is 1.39 bits per heavy atom. The topological polar surface area (TPSA) is 3.24 Å². The van der Waals surface area contributed by atoms with Gasteiger partial charge in [-0.2, -0.15) is 0 Å². The minimum atomic E-state index is -0.501. The minimum Gasteiger partial charge on any atom is -0.310 e. The molecule has 1 heteroatoms. The summed E-state index contributed by atoms with van der Waals surface area (Å²) in [6.07, 6.45) is 0. The lowest BCUT2D eigenvalue weighted by molar-refractivity contribution is 0.768. The van der Waals surface area contributed by atoms with Crippen LogP contribution in [-0.4, -0.2) is 0 Å². The van der Waals surface area contributed by atoms with Crippen LogP contribution in [0.2, 0.25) is 0 Å². The normalized spacial score (nSPS) is 12.5. The Bertz CT molecular complexity index is 3430. The van der Waals surface area contributed by atoms with Gasteiger partial charge in [0.15, 0.2) is 0 Å². The first-order valence-corrected chi connectivity index (χ1v) is 22.2. The summed E-state index contributed by atoms with van der Waals surface area (Å²) in [5, 5.41) is 5.00. The Labute approximate surface area is 374 Å². The molecule has 11 aromatic rings. The van der Waals surface area contributed by atoms with Crippen molar-refractivity contribution in [3.05, 3.63) is 283 Å². The van der Waals surface area contributed by atoms with Gasteiger partial charge in [0, 0.05) is 17.1 Å². The molecule has 11 aromatic carbocycles. The van der Waals surface area contributed by atoms with Gasteiger partial charge in [0.1, 0.15) is 0 Å². The summed E-state index contributed by atoms with van der Waals surface area (Å²) in [6.45, 7) is 0. The number of anilines is 3. The molecule has 0 radical (unpaired) electrons. The van der Waals surface area contributed by atoms with Crippen molar-refractivity contribution >= 4 is 38.6 Å². The van der Waals surface area contributed by atoms with Crippen LogP contribution in [0.1, 0.15) is 22.3 Å². The fourth-order valence-corrected chi connectivity index (χ4v) is 10.6. The summed E-state index contributed by atoms with van der Waals surface area (Å²) >= 11 is 0. The molecule has 0 bridgehead atoms. The lowest BCUT2D eigenvalue weighted by atomic mass is 9.67. The van der Waals surface area contributed by atoms with Crippen molar-refractivity contribution in [3.63, 3.8) is 0 Å².